The lowest BCUT2D eigenvalue weighted by atomic mass is 9.71. The second-order valence-electron chi connectivity index (χ2n) is 8.54. The molecule has 0 radical (unpaired) electrons. The van der Waals surface area contributed by atoms with Gasteiger partial charge in [-0.2, -0.15) is 8.42 Å². The lowest BCUT2D eigenvalue weighted by molar-refractivity contribution is -0.192. The van der Waals surface area contributed by atoms with Gasteiger partial charge in [0.05, 0.1) is 17.9 Å². The normalized spacial score (nSPS) is 13.3. The van der Waals surface area contributed by atoms with Gasteiger partial charge in [0, 0.05) is 31.3 Å². The molecule has 1 heterocycles. The summed E-state index contributed by atoms with van der Waals surface area (Å²) in [5, 5.41) is 14.1. The first kappa shape index (κ1) is 28.9. The molecule has 2 rings (SSSR count). The smallest absolute Gasteiger partial charge is 0.346 e. The highest BCUT2D eigenvalue weighted by molar-refractivity contribution is 7.86. The maximum Gasteiger partial charge on any atom is 0.346 e. The molecule has 11 nitrogen and oxygen atoms in total. The first-order valence-electron chi connectivity index (χ1n) is 11.0. The molecular weight excluding hydrogens is 492 g/mol. The quantitative estimate of drug-likeness (QED) is 0.171. The topological polar surface area (TPSA) is 158 Å². The van der Waals surface area contributed by atoms with Crippen LogP contribution in [0, 0.1) is 5.41 Å². The van der Waals surface area contributed by atoms with Gasteiger partial charge in [0.2, 0.25) is 12.7 Å². The van der Waals surface area contributed by atoms with Crippen molar-refractivity contribution in [1.82, 2.24) is 10.3 Å². The molecule has 0 saturated heterocycles. The van der Waals surface area contributed by atoms with Gasteiger partial charge in [-0.05, 0) is 24.1 Å². The van der Waals surface area contributed by atoms with Gasteiger partial charge >= 0.3 is 11.9 Å². The first-order valence-corrected chi connectivity index (χ1v) is 12.6. The van der Waals surface area contributed by atoms with Crippen molar-refractivity contribution in [3.05, 3.63) is 66.0 Å². The van der Waals surface area contributed by atoms with Crippen LogP contribution in [0.15, 0.2) is 54.9 Å². The summed E-state index contributed by atoms with van der Waals surface area (Å²) in [6.07, 6.45) is 2.88. The highest BCUT2D eigenvalue weighted by Gasteiger charge is 2.53. The van der Waals surface area contributed by atoms with Crippen LogP contribution in [0.25, 0.3) is 0 Å². The number of amides is 1. The number of hydrogen-bond donors (Lipinski definition) is 2. The van der Waals surface area contributed by atoms with Gasteiger partial charge < -0.3 is 19.9 Å². The summed E-state index contributed by atoms with van der Waals surface area (Å²) in [6, 6.07) is 10.8. The Kier molecular flexibility index (Phi) is 10.1. The number of ether oxygens (including phenoxy) is 2. The van der Waals surface area contributed by atoms with Crippen molar-refractivity contribution in [2.24, 2.45) is 5.41 Å². The number of pyridine rings is 1. The van der Waals surface area contributed by atoms with E-state index in [1.54, 1.807) is 18.2 Å². The maximum absolute atomic E-state index is 13.1. The number of benzene rings is 1. The van der Waals surface area contributed by atoms with Crippen molar-refractivity contribution >= 4 is 28.0 Å². The van der Waals surface area contributed by atoms with Crippen LogP contribution < -0.4 is 5.32 Å². The van der Waals surface area contributed by atoms with Crippen LogP contribution in [0.4, 0.5) is 0 Å². The molecule has 36 heavy (non-hydrogen) atoms. The molecule has 0 saturated carbocycles. The predicted octanol–water partition coefficient (Wildman–Crippen LogP) is 1.53. The molecule has 0 aliphatic carbocycles. The van der Waals surface area contributed by atoms with E-state index in [1.807, 2.05) is 0 Å². The monoisotopic (exact) mass is 522 g/mol. The lowest BCUT2D eigenvalue weighted by Crippen LogP contribution is -2.52. The number of carbonyl (C=O) groups is 3. The standard InChI is InChI=1S/C24H30N2O9S/c1-18(27)26-13-8-14-36(31,32)35-16-23(2,3)24(30,20-10-5-4-6-11-20)22(29)34-17-33-21(28)19-9-7-12-25-15-19/h4-7,9-12,15,30H,8,13-14,16-17H2,1-3H3,(H,26,27)/t24-/m0/s1. The number of carbonyl (C=O) groups excluding carboxylic acids is 3. The minimum Gasteiger partial charge on any atom is -0.425 e. The SMILES string of the molecule is CC(=O)NCCCS(=O)(=O)OCC(C)(C)[C@@](O)(C(=O)OCOC(=O)c1cccnc1)c1ccccc1. The van der Waals surface area contributed by atoms with E-state index in [-0.39, 0.29) is 35.8 Å². The number of esters is 2. The molecule has 1 amide bonds. The number of aromatic nitrogens is 1. The summed E-state index contributed by atoms with van der Waals surface area (Å²) in [5.74, 6) is -2.61. The number of rotatable bonds is 13. The predicted molar refractivity (Wildman–Crippen MR) is 128 cm³/mol. The van der Waals surface area contributed by atoms with Crippen molar-refractivity contribution in [2.45, 2.75) is 32.8 Å². The second-order valence-corrected chi connectivity index (χ2v) is 10.3. The molecule has 0 fully saturated rings. The van der Waals surface area contributed by atoms with Gasteiger partial charge in [0.15, 0.2) is 5.60 Å². The summed E-state index contributed by atoms with van der Waals surface area (Å²) in [5.41, 5.74) is -3.60. The van der Waals surface area contributed by atoms with Gasteiger partial charge in [-0.1, -0.05) is 44.2 Å². The van der Waals surface area contributed by atoms with Gasteiger partial charge in [-0.15, -0.1) is 0 Å². The molecular formula is C24H30N2O9S. The van der Waals surface area contributed by atoms with Crippen LogP contribution in [-0.2, 0) is 39.0 Å². The molecule has 0 aliphatic rings. The lowest BCUT2D eigenvalue weighted by Gasteiger charge is -2.40. The van der Waals surface area contributed by atoms with Crippen molar-refractivity contribution < 1.29 is 41.6 Å². The Morgan fingerprint density at radius 2 is 1.75 bits per heavy atom. The Bertz CT molecular complexity index is 1140. The molecule has 0 unspecified atom stereocenters. The molecule has 196 valence electrons. The molecule has 2 N–H and O–H groups in total. The van der Waals surface area contributed by atoms with Gasteiger partial charge in [0.1, 0.15) is 0 Å². The summed E-state index contributed by atoms with van der Waals surface area (Å²) in [7, 11) is -4.03. The molecule has 2 aromatic rings. The van der Waals surface area contributed by atoms with Crippen molar-refractivity contribution in [1.29, 1.82) is 0 Å². The zero-order chi connectivity index (χ0) is 26.8. The molecule has 1 aromatic heterocycles. The van der Waals surface area contributed by atoms with Crippen molar-refractivity contribution in [3.8, 4) is 0 Å². The summed E-state index contributed by atoms with van der Waals surface area (Å²) in [6.45, 7) is 2.99. The number of hydrogen-bond acceptors (Lipinski definition) is 10. The van der Waals surface area contributed by atoms with Crippen molar-refractivity contribution in [2.75, 3.05) is 25.7 Å². The Hall–Kier alpha value is -3.35. The zero-order valence-electron chi connectivity index (χ0n) is 20.3. The average molecular weight is 523 g/mol. The number of nitrogens with zero attached hydrogens (tertiary/aromatic N) is 1. The molecule has 1 aromatic carbocycles. The largest absolute Gasteiger partial charge is 0.425 e. The van der Waals surface area contributed by atoms with Gasteiger partial charge in [-0.3, -0.25) is 14.0 Å². The Morgan fingerprint density at radius 3 is 2.36 bits per heavy atom. The zero-order valence-corrected chi connectivity index (χ0v) is 21.1. The summed E-state index contributed by atoms with van der Waals surface area (Å²) < 4.78 is 39.8. The van der Waals surface area contributed by atoms with E-state index in [9.17, 15) is 27.9 Å². The molecule has 1 atom stereocenters. The second kappa shape index (κ2) is 12.6. The minimum atomic E-state index is -4.03. The Balaban J connectivity index is 2.12. The van der Waals surface area contributed by atoms with E-state index in [1.165, 1.54) is 57.4 Å². The van der Waals surface area contributed by atoms with Crippen LogP contribution >= 0.6 is 0 Å². The van der Waals surface area contributed by atoms with Crippen LogP contribution in [0.1, 0.15) is 43.1 Å². The number of aliphatic hydroxyl groups is 1. The van der Waals surface area contributed by atoms with E-state index in [4.69, 9.17) is 13.7 Å². The molecule has 0 aliphatic heterocycles. The third kappa shape index (κ3) is 7.83. The molecule has 0 spiro atoms. The van der Waals surface area contributed by atoms with Crippen molar-refractivity contribution in [3.63, 3.8) is 0 Å². The fourth-order valence-electron chi connectivity index (χ4n) is 3.19. The van der Waals surface area contributed by atoms with E-state index in [2.05, 4.69) is 10.3 Å². The minimum absolute atomic E-state index is 0.121. The molecule has 12 heteroatoms. The number of nitrogens with one attached hydrogen (secondary N) is 1. The summed E-state index contributed by atoms with van der Waals surface area (Å²) >= 11 is 0. The summed E-state index contributed by atoms with van der Waals surface area (Å²) in [4.78, 5) is 39.9. The van der Waals surface area contributed by atoms with E-state index >= 15 is 0 Å². The fourth-order valence-corrected chi connectivity index (χ4v) is 4.28. The fraction of sp³-hybridized carbons (Fsp3) is 0.417. The highest BCUT2D eigenvalue weighted by atomic mass is 32.2. The van der Waals surface area contributed by atoms with Crippen LogP contribution in [-0.4, -0.2) is 62.1 Å². The van der Waals surface area contributed by atoms with Crippen LogP contribution in [0.3, 0.4) is 0 Å². The maximum atomic E-state index is 13.1. The van der Waals surface area contributed by atoms with Gasteiger partial charge in [0.25, 0.3) is 10.1 Å². The van der Waals surface area contributed by atoms with E-state index < -0.39 is 46.5 Å². The third-order valence-electron chi connectivity index (χ3n) is 5.29. The Labute approximate surface area is 209 Å². The van der Waals surface area contributed by atoms with E-state index in [0.29, 0.717) is 0 Å². The third-order valence-corrected chi connectivity index (χ3v) is 6.55. The van der Waals surface area contributed by atoms with Crippen LogP contribution in [0.2, 0.25) is 0 Å². The van der Waals surface area contributed by atoms with Crippen LogP contribution in [0.5, 0.6) is 0 Å². The van der Waals surface area contributed by atoms with E-state index in [0.717, 1.165) is 0 Å². The molecule has 0 bridgehead atoms. The Morgan fingerprint density at radius 1 is 1.06 bits per heavy atom. The first-order chi connectivity index (χ1) is 16.9. The van der Waals surface area contributed by atoms with Gasteiger partial charge in [-0.25, -0.2) is 9.59 Å². The highest BCUT2D eigenvalue weighted by Crippen LogP contribution is 2.41. The average Bonchev–Trinajstić information content (AvgIpc) is 2.85.